The first-order chi connectivity index (χ1) is 8.38. The third-order valence-electron chi connectivity index (χ3n) is 3.27. The molecule has 0 spiro atoms. The lowest BCUT2D eigenvalue weighted by Gasteiger charge is -2.25. The van der Waals surface area contributed by atoms with Crippen LogP contribution in [0.25, 0.3) is 0 Å². The van der Waals surface area contributed by atoms with Crippen LogP contribution < -0.4 is 10.6 Å². The highest BCUT2D eigenvalue weighted by molar-refractivity contribution is 5.41. The van der Waals surface area contributed by atoms with Crippen LogP contribution in [0.15, 0.2) is 12.4 Å². The molecule has 1 aromatic rings. The van der Waals surface area contributed by atoms with E-state index in [1.807, 2.05) is 0 Å². The van der Waals surface area contributed by atoms with E-state index in [-0.39, 0.29) is 0 Å². The fourth-order valence-corrected chi connectivity index (χ4v) is 1.98. The maximum Gasteiger partial charge on any atom is 0.146 e. The number of hydrogen-bond donors (Lipinski definition) is 2. The molecule has 1 aromatic heterocycles. The molecular weight excluding hydrogens is 212 g/mol. The highest BCUT2D eigenvalue weighted by atomic mass is 15.1. The Balaban J connectivity index is 1.74. The zero-order valence-electron chi connectivity index (χ0n) is 10.6. The van der Waals surface area contributed by atoms with Crippen LogP contribution in [0.1, 0.15) is 39.0 Å². The summed E-state index contributed by atoms with van der Waals surface area (Å²) in [6, 6.07) is 0. The number of aromatic nitrogens is 2. The summed E-state index contributed by atoms with van der Waals surface area (Å²) in [4.78, 5) is 8.65. The highest BCUT2D eigenvalue weighted by Crippen LogP contribution is 2.29. The van der Waals surface area contributed by atoms with Gasteiger partial charge in [-0.2, -0.15) is 0 Å². The number of anilines is 2. The van der Waals surface area contributed by atoms with Gasteiger partial charge in [0.25, 0.3) is 0 Å². The molecule has 1 aliphatic rings. The molecule has 0 unspecified atom stereocenters. The summed E-state index contributed by atoms with van der Waals surface area (Å²) in [5, 5.41) is 6.59. The van der Waals surface area contributed by atoms with Crippen LogP contribution >= 0.6 is 0 Å². The third kappa shape index (κ3) is 3.88. The van der Waals surface area contributed by atoms with E-state index >= 15 is 0 Å². The summed E-state index contributed by atoms with van der Waals surface area (Å²) in [5.41, 5.74) is 0. The summed E-state index contributed by atoms with van der Waals surface area (Å²) >= 11 is 0. The average Bonchev–Trinajstić information content (AvgIpc) is 2.30. The lowest BCUT2D eigenvalue weighted by atomic mass is 9.83. The van der Waals surface area contributed by atoms with E-state index in [4.69, 9.17) is 0 Å². The predicted molar refractivity (Wildman–Crippen MR) is 71.3 cm³/mol. The first-order valence-electron chi connectivity index (χ1n) is 6.68. The van der Waals surface area contributed by atoms with E-state index in [2.05, 4.69) is 27.5 Å². The van der Waals surface area contributed by atoms with Crippen molar-refractivity contribution in [2.24, 2.45) is 5.92 Å². The SMILES string of the molecule is CCCNc1cncc(NCCC2CCC2)n1. The largest absolute Gasteiger partial charge is 0.369 e. The minimum Gasteiger partial charge on any atom is -0.369 e. The van der Waals surface area contributed by atoms with Gasteiger partial charge in [0.15, 0.2) is 0 Å². The van der Waals surface area contributed by atoms with Crippen LogP contribution in [0.3, 0.4) is 0 Å². The molecule has 0 aromatic carbocycles. The molecule has 2 rings (SSSR count). The zero-order valence-corrected chi connectivity index (χ0v) is 10.6. The summed E-state index contributed by atoms with van der Waals surface area (Å²) in [6.45, 7) is 4.10. The number of hydrogen-bond acceptors (Lipinski definition) is 4. The lowest BCUT2D eigenvalue weighted by molar-refractivity contribution is 0.303. The second kappa shape index (κ2) is 6.42. The van der Waals surface area contributed by atoms with E-state index in [0.717, 1.165) is 37.1 Å². The van der Waals surface area contributed by atoms with Crippen LogP contribution in [0, 0.1) is 5.92 Å². The van der Waals surface area contributed by atoms with Crippen molar-refractivity contribution in [1.82, 2.24) is 9.97 Å². The van der Waals surface area contributed by atoms with Crippen LogP contribution in [-0.2, 0) is 0 Å². The molecule has 0 radical (unpaired) electrons. The Labute approximate surface area is 103 Å². The van der Waals surface area contributed by atoms with Gasteiger partial charge in [0, 0.05) is 13.1 Å². The van der Waals surface area contributed by atoms with E-state index < -0.39 is 0 Å². The van der Waals surface area contributed by atoms with E-state index in [1.165, 1.54) is 25.7 Å². The van der Waals surface area contributed by atoms with Crippen molar-refractivity contribution in [2.45, 2.75) is 39.0 Å². The van der Waals surface area contributed by atoms with Gasteiger partial charge in [-0.25, -0.2) is 4.98 Å². The second-order valence-electron chi connectivity index (χ2n) is 4.73. The van der Waals surface area contributed by atoms with Crippen molar-refractivity contribution in [1.29, 1.82) is 0 Å². The number of nitrogens with one attached hydrogen (secondary N) is 2. The van der Waals surface area contributed by atoms with Crippen molar-refractivity contribution in [2.75, 3.05) is 23.7 Å². The molecule has 1 aliphatic carbocycles. The maximum atomic E-state index is 4.47. The van der Waals surface area contributed by atoms with Crippen molar-refractivity contribution >= 4 is 11.6 Å². The molecule has 1 fully saturated rings. The Morgan fingerprint density at radius 3 is 2.47 bits per heavy atom. The maximum absolute atomic E-state index is 4.47. The molecule has 0 aliphatic heterocycles. The normalized spacial score (nSPS) is 15.4. The van der Waals surface area contributed by atoms with Gasteiger partial charge in [-0.15, -0.1) is 0 Å². The summed E-state index contributed by atoms with van der Waals surface area (Å²) in [6.07, 6.45) is 10.2. The van der Waals surface area contributed by atoms with Gasteiger partial charge in [0.05, 0.1) is 12.4 Å². The van der Waals surface area contributed by atoms with Gasteiger partial charge in [-0.3, -0.25) is 4.98 Å². The van der Waals surface area contributed by atoms with Crippen LogP contribution in [0.4, 0.5) is 11.6 Å². The van der Waals surface area contributed by atoms with Crippen molar-refractivity contribution in [3.8, 4) is 0 Å². The molecule has 0 saturated heterocycles. The smallest absolute Gasteiger partial charge is 0.146 e. The van der Waals surface area contributed by atoms with E-state index in [1.54, 1.807) is 12.4 Å². The Hall–Kier alpha value is -1.32. The van der Waals surface area contributed by atoms with Gasteiger partial charge in [-0.05, 0) is 18.8 Å². The molecule has 0 amide bonds. The molecule has 94 valence electrons. The van der Waals surface area contributed by atoms with Gasteiger partial charge in [0.1, 0.15) is 11.6 Å². The van der Waals surface area contributed by atoms with Crippen molar-refractivity contribution in [3.05, 3.63) is 12.4 Å². The van der Waals surface area contributed by atoms with Gasteiger partial charge in [0.2, 0.25) is 0 Å². The molecule has 4 nitrogen and oxygen atoms in total. The highest BCUT2D eigenvalue weighted by Gasteiger charge is 2.16. The minimum atomic E-state index is 0.862. The summed E-state index contributed by atoms with van der Waals surface area (Å²) in [7, 11) is 0. The summed E-state index contributed by atoms with van der Waals surface area (Å²) < 4.78 is 0. The first-order valence-corrected chi connectivity index (χ1v) is 6.68. The minimum absolute atomic E-state index is 0.862. The van der Waals surface area contributed by atoms with Crippen LogP contribution in [0.5, 0.6) is 0 Å². The molecule has 0 bridgehead atoms. The molecule has 4 heteroatoms. The molecule has 17 heavy (non-hydrogen) atoms. The summed E-state index contributed by atoms with van der Waals surface area (Å²) in [5.74, 6) is 2.68. The van der Waals surface area contributed by atoms with E-state index in [9.17, 15) is 0 Å². The Kier molecular flexibility index (Phi) is 4.59. The molecule has 2 N–H and O–H groups in total. The van der Waals surface area contributed by atoms with Crippen molar-refractivity contribution in [3.63, 3.8) is 0 Å². The lowest BCUT2D eigenvalue weighted by Crippen LogP contribution is -2.16. The van der Waals surface area contributed by atoms with Gasteiger partial charge < -0.3 is 10.6 Å². The monoisotopic (exact) mass is 234 g/mol. The molecule has 0 atom stereocenters. The van der Waals surface area contributed by atoms with Crippen molar-refractivity contribution < 1.29 is 0 Å². The topological polar surface area (TPSA) is 49.8 Å². The third-order valence-corrected chi connectivity index (χ3v) is 3.27. The van der Waals surface area contributed by atoms with Gasteiger partial charge >= 0.3 is 0 Å². The standard InChI is InChI=1S/C13H22N4/c1-2-7-15-12-9-14-10-13(17-12)16-8-6-11-4-3-5-11/h9-11H,2-8H2,1H3,(H2,15,16,17). The predicted octanol–water partition coefficient (Wildman–Crippen LogP) is 2.90. The quantitative estimate of drug-likeness (QED) is 0.761. The fourth-order valence-electron chi connectivity index (χ4n) is 1.98. The average molecular weight is 234 g/mol. The molecular formula is C13H22N4. The number of nitrogens with zero attached hydrogens (tertiary/aromatic N) is 2. The Morgan fingerprint density at radius 2 is 1.88 bits per heavy atom. The van der Waals surface area contributed by atoms with Crippen LogP contribution in [-0.4, -0.2) is 23.1 Å². The Morgan fingerprint density at radius 1 is 1.18 bits per heavy atom. The fraction of sp³-hybridized carbons (Fsp3) is 0.692. The Bertz CT molecular complexity index is 336. The molecule has 1 heterocycles. The second-order valence-corrected chi connectivity index (χ2v) is 4.73. The number of rotatable bonds is 7. The zero-order chi connectivity index (χ0) is 11.9. The van der Waals surface area contributed by atoms with E-state index in [0.29, 0.717) is 0 Å². The molecule has 1 saturated carbocycles. The first kappa shape index (κ1) is 12.1. The van der Waals surface area contributed by atoms with Gasteiger partial charge in [-0.1, -0.05) is 26.2 Å². The van der Waals surface area contributed by atoms with Crippen LogP contribution in [0.2, 0.25) is 0 Å².